The molecule has 0 aromatic rings. The van der Waals surface area contributed by atoms with Crippen LogP contribution in [0.15, 0.2) is 24.7 Å². The average molecular weight is 189 g/mol. The van der Waals surface area contributed by atoms with Gasteiger partial charge in [0.1, 0.15) is 0 Å². The Morgan fingerprint density at radius 3 is 1.75 bits per heavy atom. The Balaban J connectivity index is 3.74. The Kier molecular flexibility index (Phi) is 5.39. The fraction of sp³-hybridized carbons (Fsp3) is 0.500. The smallest absolute Gasteiger partial charge is 0.227 e. The first-order valence-electron chi connectivity index (χ1n) is 3.78. The van der Waals surface area contributed by atoms with Crippen molar-refractivity contribution in [2.24, 2.45) is 0 Å². The number of allylic oxidation sites excluding steroid dienone is 2. The fourth-order valence-corrected chi connectivity index (χ4v) is 1.08. The molecule has 0 atom stereocenters. The zero-order valence-corrected chi connectivity index (χ0v) is 8.39. The molecule has 0 heterocycles. The van der Waals surface area contributed by atoms with Crippen LogP contribution in [0.5, 0.6) is 0 Å². The molecule has 0 unspecified atom stereocenters. The van der Waals surface area contributed by atoms with Gasteiger partial charge in [0.2, 0.25) is 0 Å². The summed E-state index contributed by atoms with van der Waals surface area (Å²) in [6, 6.07) is 0. The third kappa shape index (κ3) is 4.91. The highest BCUT2D eigenvalue weighted by atomic mass is 31.1. The van der Waals surface area contributed by atoms with Crippen LogP contribution in [-0.4, -0.2) is 0 Å². The van der Waals surface area contributed by atoms with E-state index in [-0.39, 0.29) is 0 Å². The standard InChI is InChI=1S/C8H14O3P/c1-5-7(3)10-12(9)11-8(4)6-2/h3-6H2,1-2H3/q+1. The summed E-state index contributed by atoms with van der Waals surface area (Å²) in [5, 5.41) is 0. The van der Waals surface area contributed by atoms with Crippen molar-refractivity contribution in [1.82, 2.24) is 0 Å². The van der Waals surface area contributed by atoms with Crippen LogP contribution < -0.4 is 0 Å². The monoisotopic (exact) mass is 189 g/mol. The second-order valence-electron chi connectivity index (χ2n) is 2.19. The molecule has 0 bridgehead atoms. The van der Waals surface area contributed by atoms with Crippen molar-refractivity contribution in [1.29, 1.82) is 0 Å². The summed E-state index contributed by atoms with van der Waals surface area (Å²) in [7, 11) is -2.12. The van der Waals surface area contributed by atoms with Crippen molar-refractivity contribution in [3.05, 3.63) is 24.7 Å². The van der Waals surface area contributed by atoms with Gasteiger partial charge in [0, 0.05) is 17.4 Å². The molecule has 0 aromatic heterocycles. The second-order valence-corrected chi connectivity index (χ2v) is 3.00. The maximum Gasteiger partial charge on any atom is 0.804 e. The van der Waals surface area contributed by atoms with E-state index in [9.17, 15) is 4.57 Å². The van der Waals surface area contributed by atoms with E-state index in [0.29, 0.717) is 24.4 Å². The first-order chi connectivity index (χ1) is 5.60. The molecular weight excluding hydrogens is 175 g/mol. The van der Waals surface area contributed by atoms with Gasteiger partial charge in [-0.1, -0.05) is 27.0 Å². The lowest BCUT2D eigenvalue weighted by atomic mass is 10.4. The first-order valence-corrected chi connectivity index (χ1v) is 4.88. The van der Waals surface area contributed by atoms with Gasteiger partial charge >= 0.3 is 8.25 Å². The van der Waals surface area contributed by atoms with Gasteiger partial charge in [0.15, 0.2) is 11.5 Å². The summed E-state index contributed by atoms with van der Waals surface area (Å²) in [4.78, 5) is 0. The summed E-state index contributed by atoms with van der Waals surface area (Å²) < 4.78 is 20.6. The third-order valence-electron chi connectivity index (χ3n) is 1.20. The van der Waals surface area contributed by atoms with E-state index < -0.39 is 8.25 Å². The van der Waals surface area contributed by atoms with Crippen LogP contribution in [0.1, 0.15) is 26.7 Å². The molecule has 0 aliphatic heterocycles. The van der Waals surface area contributed by atoms with Gasteiger partial charge < -0.3 is 0 Å². The zero-order valence-electron chi connectivity index (χ0n) is 7.50. The Hall–Kier alpha value is -0.820. The van der Waals surface area contributed by atoms with Gasteiger partial charge in [0.05, 0.1) is 0 Å². The largest absolute Gasteiger partial charge is 0.804 e. The van der Waals surface area contributed by atoms with Crippen LogP contribution >= 0.6 is 8.25 Å². The van der Waals surface area contributed by atoms with Crippen molar-refractivity contribution in [2.75, 3.05) is 0 Å². The molecule has 0 saturated carbocycles. The molecule has 0 N–H and O–H groups in total. The first kappa shape index (κ1) is 11.2. The topological polar surface area (TPSA) is 35.5 Å². The van der Waals surface area contributed by atoms with Crippen LogP contribution in [-0.2, 0) is 13.6 Å². The molecule has 0 aliphatic carbocycles. The minimum atomic E-state index is -2.12. The summed E-state index contributed by atoms with van der Waals surface area (Å²) >= 11 is 0. The molecule has 68 valence electrons. The van der Waals surface area contributed by atoms with Crippen molar-refractivity contribution in [3.8, 4) is 0 Å². The minimum Gasteiger partial charge on any atom is -0.227 e. The molecular formula is C8H14O3P+. The van der Waals surface area contributed by atoms with Gasteiger partial charge in [-0.2, -0.15) is 0 Å². The summed E-state index contributed by atoms with van der Waals surface area (Å²) in [6.07, 6.45) is 1.26. The van der Waals surface area contributed by atoms with E-state index in [2.05, 4.69) is 13.2 Å². The highest BCUT2D eigenvalue weighted by Crippen LogP contribution is 2.31. The number of hydrogen-bond donors (Lipinski definition) is 0. The van der Waals surface area contributed by atoms with Gasteiger partial charge in [-0.25, -0.2) is 9.05 Å². The van der Waals surface area contributed by atoms with E-state index in [1.54, 1.807) is 0 Å². The SMILES string of the molecule is C=C(CC)O[P+](=O)OC(=C)CC. The Bertz CT molecular complexity index is 178. The van der Waals surface area contributed by atoms with E-state index in [1.165, 1.54) is 0 Å². The van der Waals surface area contributed by atoms with Crippen molar-refractivity contribution < 1.29 is 13.6 Å². The lowest BCUT2D eigenvalue weighted by Crippen LogP contribution is -1.84. The highest BCUT2D eigenvalue weighted by Gasteiger charge is 2.23. The van der Waals surface area contributed by atoms with Crippen molar-refractivity contribution >= 4 is 8.25 Å². The number of hydrogen-bond acceptors (Lipinski definition) is 3. The molecule has 3 nitrogen and oxygen atoms in total. The molecule has 12 heavy (non-hydrogen) atoms. The predicted octanol–water partition coefficient (Wildman–Crippen LogP) is 3.52. The summed E-state index contributed by atoms with van der Waals surface area (Å²) in [5.41, 5.74) is 0. The lowest BCUT2D eigenvalue weighted by molar-refractivity contribution is 0.306. The van der Waals surface area contributed by atoms with E-state index in [4.69, 9.17) is 9.05 Å². The van der Waals surface area contributed by atoms with Crippen LogP contribution in [0.25, 0.3) is 0 Å². The van der Waals surface area contributed by atoms with E-state index in [0.717, 1.165) is 0 Å². The fourth-order valence-electron chi connectivity index (χ4n) is 0.359. The molecule has 0 aromatic carbocycles. The van der Waals surface area contributed by atoms with Crippen molar-refractivity contribution in [3.63, 3.8) is 0 Å². The molecule has 0 rings (SSSR count). The summed E-state index contributed by atoms with van der Waals surface area (Å²) in [5.74, 6) is 0.917. The van der Waals surface area contributed by atoms with E-state index >= 15 is 0 Å². The molecule has 0 spiro atoms. The lowest BCUT2D eigenvalue weighted by Gasteiger charge is -1.93. The molecule has 0 saturated heterocycles. The Morgan fingerprint density at radius 2 is 1.50 bits per heavy atom. The quantitative estimate of drug-likeness (QED) is 0.473. The van der Waals surface area contributed by atoms with Crippen molar-refractivity contribution in [2.45, 2.75) is 26.7 Å². The minimum absolute atomic E-state index is 0.458. The molecule has 4 heteroatoms. The third-order valence-corrected chi connectivity index (χ3v) is 2.01. The van der Waals surface area contributed by atoms with Gasteiger partial charge in [0.25, 0.3) is 0 Å². The molecule has 0 radical (unpaired) electrons. The van der Waals surface area contributed by atoms with Gasteiger partial charge in [-0.15, -0.1) is 0 Å². The van der Waals surface area contributed by atoms with Crippen LogP contribution in [0.4, 0.5) is 0 Å². The highest BCUT2D eigenvalue weighted by molar-refractivity contribution is 7.33. The van der Waals surface area contributed by atoms with Crippen LogP contribution in [0.3, 0.4) is 0 Å². The maximum atomic E-state index is 11.0. The van der Waals surface area contributed by atoms with Gasteiger partial charge in [-0.05, 0) is 0 Å². The maximum absolute atomic E-state index is 11.0. The van der Waals surface area contributed by atoms with E-state index in [1.807, 2.05) is 13.8 Å². The number of rotatable bonds is 6. The molecule has 0 aliphatic rings. The average Bonchev–Trinajstić information content (AvgIpc) is 2.03. The molecule has 0 fully saturated rings. The Morgan fingerprint density at radius 1 is 1.17 bits per heavy atom. The normalized spacial score (nSPS) is 8.83. The zero-order chi connectivity index (χ0) is 9.56. The summed E-state index contributed by atoms with van der Waals surface area (Å²) in [6.45, 7) is 10.8. The van der Waals surface area contributed by atoms with Crippen LogP contribution in [0.2, 0.25) is 0 Å². The predicted molar refractivity (Wildman–Crippen MR) is 48.6 cm³/mol. The van der Waals surface area contributed by atoms with Crippen LogP contribution in [0, 0.1) is 0 Å². The second kappa shape index (κ2) is 5.78. The van der Waals surface area contributed by atoms with Gasteiger partial charge in [-0.3, -0.25) is 0 Å². The molecule has 0 amide bonds. The Labute approximate surface area is 74.0 Å².